The highest BCUT2D eigenvalue weighted by Crippen LogP contribution is 2.24. The third kappa shape index (κ3) is 3.44. The minimum atomic E-state index is -0.131. The third-order valence-corrected chi connectivity index (χ3v) is 4.05. The Morgan fingerprint density at radius 1 is 0.938 bits per heavy atom. The van der Waals surface area contributed by atoms with Crippen LogP contribution < -0.4 is 5.32 Å². The van der Waals surface area contributed by atoms with Gasteiger partial charge in [0.2, 0.25) is 0 Å². The maximum absolute atomic E-state index is 8.89. The number of ether oxygens (including phenoxy) is 1. The lowest BCUT2D eigenvalue weighted by atomic mass is 9.89. The van der Waals surface area contributed by atoms with E-state index < -0.39 is 0 Å². The summed E-state index contributed by atoms with van der Waals surface area (Å²) in [6.45, 7) is -0.131. The van der Waals surface area contributed by atoms with Crippen LogP contribution in [0.1, 0.15) is 57.8 Å². The van der Waals surface area contributed by atoms with Gasteiger partial charge in [0.1, 0.15) is 6.79 Å². The van der Waals surface area contributed by atoms with Gasteiger partial charge in [-0.1, -0.05) is 32.1 Å². The second-order valence-corrected chi connectivity index (χ2v) is 5.23. The van der Waals surface area contributed by atoms with Crippen LogP contribution in [-0.4, -0.2) is 30.1 Å². The average molecular weight is 227 g/mol. The first-order chi connectivity index (χ1) is 7.90. The molecule has 3 heteroatoms. The van der Waals surface area contributed by atoms with Crippen LogP contribution in [0, 0.1) is 0 Å². The first kappa shape index (κ1) is 12.3. The van der Waals surface area contributed by atoms with E-state index in [0.29, 0.717) is 12.1 Å². The third-order valence-electron chi connectivity index (χ3n) is 4.05. The lowest BCUT2D eigenvalue weighted by molar-refractivity contribution is -0.0770. The number of hydrogen-bond donors (Lipinski definition) is 2. The van der Waals surface area contributed by atoms with Crippen LogP contribution in [-0.2, 0) is 4.74 Å². The zero-order chi connectivity index (χ0) is 11.2. The summed E-state index contributed by atoms with van der Waals surface area (Å²) in [4.78, 5) is 0. The van der Waals surface area contributed by atoms with Crippen molar-refractivity contribution in [2.24, 2.45) is 0 Å². The lowest BCUT2D eigenvalue weighted by Crippen LogP contribution is -2.48. The molecule has 0 saturated heterocycles. The van der Waals surface area contributed by atoms with Gasteiger partial charge in [-0.3, -0.25) is 0 Å². The molecule has 0 aromatic heterocycles. The van der Waals surface area contributed by atoms with Gasteiger partial charge in [-0.25, -0.2) is 0 Å². The molecule has 2 aliphatic carbocycles. The highest BCUT2D eigenvalue weighted by Gasteiger charge is 2.27. The number of aliphatic hydroxyl groups excluding tert-OH is 1. The van der Waals surface area contributed by atoms with Crippen molar-refractivity contribution in [3.05, 3.63) is 0 Å². The maximum Gasteiger partial charge on any atom is 0.144 e. The predicted molar refractivity (Wildman–Crippen MR) is 64.2 cm³/mol. The maximum atomic E-state index is 8.89. The molecule has 0 aliphatic heterocycles. The fraction of sp³-hybridized carbons (Fsp3) is 1.00. The van der Waals surface area contributed by atoms with Gasteiger partial charge in [-0.2, -0.15) is 0 Å². The van der Waals surface area contributed by atoms with Gasteiger partial charge in [0.05, 0.1) is 6.10 Å². The molecule has 0 radical (unpaired) electrons. The fourth-order valence-electron chi connectivity index (χ4n) is 3.15. The Kier molecular flexibility index (Phi) is 5.07. The highest BCUT2D eigenvalue weighted by molar-refractivity contribution is 4.85. The molecular weight excluding hydrogens is 202 g/mol. The lowest BCUT2D eigenvalue weighted by Gasteiger charge is -2.35. The fourth-order valence-corrected chi connectivity index (χ4v) is 3.15. The predicted octanol–water partition coefficient (Wildman–Crippen LogP) is 2.19. The van der Waals surface area contributed by atoms with E-state index in [4.69, 9.17) is 9.84 Å². The molecule has 2 atom stereocenters. The molecule has 0 heterocycles. The van der Waals surface area contributed by atoms with E-state index in [0.717, 1.165) is 6.42 Å². The zero-order valence-corrected chi connectivity index (χ0v) is 10.2. The minimum absolute atomic E-state index is 0.131. The molecular formula is C13H25NO2. The number of hydrogen-bond acceptors (Lipinski definition) is 3. The molecule has 2 rings (SSSR count). The highest BCUT2D eigenvalue weighted by atomic mass is 16.6. The van der Waals surface area contributed by atoms with Gasteiger partial charge in [-0.05, 0) is 25.7 Å². The van der Waals surface area contributed by atoms with Crippen molar-refractivity contribution >= 4 is 0 Å². The second-order valence-electron chi connectivity index (χ2n) is 5.23. The summed E-state index contributed by atoms with van der Waals surface area (Å²) >= 11 is 0. The Morgan fingerprint density at radius 3 is 2.38 bits per heavy atom. The quantitative estimate of drug-likeness (QED) is 0.723. The zero-order valence-electron chi connectivity index (χ0n) is 10.2. The number of rotatable bonds is 4. The Morgan fingerprint density at radius 2 is 1.62 bits per heavy atom. The van der Waals surface area contributed by atoms with E-state index in [1.54, 1.807) is 0 Å². The summed E-state index contributed by atoms with van der Waals surface area (Å²) in [6, 6.07) is 1.17. The number of nitrogens with one attached hydrogen (secondary N) is 1. The van der Waals surface area contributed by atoms with Crippen molar-refractivity contribution in [3.63, 3.8) is 0 Å². The summed E-state index contributed by atoms with van der Waals surface area (Å²) in [5, 5.41) is 12.6. The molecule has 0 aromatic rings. The van der Waals surface area contributed by atoms with Gasteiger partial charge in [-0.15, -0.1) is 0 Å². The summed E-state index contributed by atoms with van der Waals surface area (Å²) in [6.07, 6.45) is 11.9. The Balaban J connectivity index is 1.80. The first-order valence-corrected chi connectivity index (χ1v) is 6.88. The number of aliphatic hydroxyl groups is 1. The molecule has 2 aliphatic rings. The van der Waals surface area contributed by atoms with Crippen LogP contribution in [0.15, 0.2) is 0 Å². The van der Waals surface area contributed by atoms with Crippen LogP contribution in [0.4, 0.5) is 0 Å². The SMILES string of the molecule is OCOC1CCCCC1NC1CCCCC1. The van der Waals surface area contributed by atoms with E-state index in [1.165, 1.54) is 51.4 Å². The topological polar surface area (TPSA) is 41.5 Å². The minimum Gasteiger partial charge on any atom is -0.371 e. The van der Waals surface area contributed by atoms with Gasteiger partial charge in [0, 0.05) is 12.1 Å². The molecule has 94 valence electrons. The van der Waals surface area contributed by atoms with Crippen molar-refractivity contribution in [3.8, 4) is 0 Å². The molecule has 2 unspecified atom stereocenters. The molecule has 0 amide bonds. The summed E-state index contributed by atoms with van der Waals surface area (Å²) in [7, 11) is 0. The average Bonchev–Trinajstić information content (AvgIpc) is 2.33. The molecule has 2 saturated carbocycles. The van der Waals surface area contributed by atoms with Gasteiger partial charge in [0.25, 0.3) is 0 Å². The standard InChI is InChI=1S/C13H25NO2/c15-10-16-13-9-5-4-8-12(13)14-11-6-2-1-3-7-11/h11-15H,1-10H2. The van der Waals surface area contributed by atoms with Crippen molar-refractivity contribution in [2.75, 3.05) is 6.79 Å². The van der Waals surface area contributed by atoms with Crippen molar-refractivity contribution < 1.29 is 9.84 Å². The van der Waals surface area contributed by atoms with E-state index in [9.17, 15) is 0 Å². The molecule has 16 heavy (non-hydrogen) atoms. The molecule has 3 nitrogen and oxygen atoms in total. The van der Waals surface area contributed by atoms with Crippen LogP contribution >= 0.6 is 0 Å². The van der Waals surface area contributed by atoms with E-state index >= 15 is 0 Å². The monoisotopic (exact) mass is 227 g/mol. The molecule has 0 bridgehead atoms. The normalized spacial score (nSPS) is 32.8. The molecule has 0 spiro atoms. The molecule has 0 aromatic carbocycles. The van der Waals surface area contributed by atoms with Crippen molar-refractivity contribution in [1.29, 1.82) is 0 Å². The van der Waals surface area contributed by atoms with Crippen LogP contribution in [0.25, 0.3) is 0 Å². The molecule has 2 fully saturated rings. The summed E-state index contributed by atoms with van der Waals surface area (Å²) < 4.78 is 5.43. The van der Waals surface area contributed by atoms with Crippen molar-refractivity contribution in [2.45, 2.75) is 76.0 Å². The van der Waals surface area contributed by atoms with Gasteiger partial charge >= 0.3 is 0 Å². The Bertz CT molecular complexity index is 190. The largest absolute Gasteiger partial charge is 0.371 e. The Labute approximate surface area is 98.6 Å². The van der Waals surface area contributed by atoms with Gasteiger partial charge < -0.3 is 15.2 Å². The first-order valence-electron chi connectivity index (χ1n) is 6.88. The summed E-state index contributed by atoms with van der Waals surface area (Å²) in [5.41, 5.74) is 0. The van der Waals surface area contributed by atoms with Crippen LogP contribution in [0.5, 0.6) is 0 Å². The van der Waals surface area contributed by atoms with E-state index in [2.05, 4.69) is 5.32 Å². The van der Waals surface area contributed by atoms with E-state index in [1.807, 2.05) is 0 Å². The second kappa shape index (κ2) is 6.58. The molecule has 2 N–H and O–H groups in total. The Hall–Kier alpha value is -0.120. The van der Waals surface area contributed by atoms with Crippen LogP contribution in [0.3, 0.4) is 0 Å². The van der Waals surface area contributed by atoms with Crippen LogP contribution in [0.2, 0.25) is 0 Å². The van der Waals surface area contributed by atoms with Crippen molar-refractivity contribution in [1.82, 2.24) is 5.32 Å². The smallest absolute Gasteiger partial charge is 0.144 e. The summed E-state index contributed by atoms with van der Waals surface area (Å²) in [5.74, 6) is 0. The van der Waals surface area contributed by atoms with Gasteiger partial charge in [0.15, 0.2) is 0 Å². The van der Waals surface area contributed by atoms with E-state index in [-0.39, 0.29) is 12.9 Å².